The maximum atomic E-state index is 12.2. The van der Waals surface area contributed by atoms with Gasteiger partial charge in [0.1, 0.15) is 10.9 Å². The zero-order chi connectivity index (χ0) is 12.4. The first-order valence-electron chi connectivity index (χ1n) is 5.13. The lowest BCUT2D eigenvalue weighted by molar-refractivity contribution is -0.141. The molecule has 1 N–H and O–H groups in total. The molecular formula is C10H12N2O3S2. The van der Waals surface area contributed by atoms with E-state index in [1.54, 1.807) is 11.8 Å². The number of amides is 1. The fraction of sp³-hybridized carbons (Fsp3) is 0.500. The van der Waals surface area contributed by atoms with Crippen molar-refractivity contribution in [2.45, 2.75) is 13.0 Å². The summed E-state index contributed by atoms with van der Waals surface area (Å²) in [6.07, 6.45) is 1.52. The first-order valence-corrected chi connectivity index (χ1v) is 7.10. The average molecular weight is 272 g/mol. The van der Waals surface area contributed by atoms with Crippen molar-refractivity contribution in [3.05, 3.63) is 16.1 Å². The molecule has 0 aliphatic carbocycles. The molecule has 1 fully saturated rings. The lowest BCUT2D eigenvalue weighted by Gasteiger charge is -2.32. The van der Waals surface area contributed by atoms with Gasteiger partial charge in [0.15, 0.2) is 0 Å². The van der Waals surface area contributed by atoms with Crippen LogP contribution in [0.5, 0.6) is 0 Å². The van der Waals surface area contributed by atoms with Gasteiger partial charge in [0.05, 0.1) is 11.2 Å². The number of thioether (sulfide) groups is 1. The Bertz CT molecular complexity index is 447. The Hall–Kier alpha value is -1.08. The Morgan fingerprint density at radius 3 is 2.94 bits per heavy atom. The van der Waals surface area contributed by atoms with Crippen LogP contribution in [0.3, 0.4) is 0 Å². The van der Waals surface area contributed by atoms with E-state index >= 15 is 0 Å². The van der Waals surface area contributed by atoms with Crippen molar-refractivity contribution in [1.82, 2.24) is 9.88 Å². The Morgan fingerprint density at radius 2 is 2.35 bits per heavy atom. The molecule has 1 aromatic rings. The van der Waals surface area contributed by atoms with Gasteiger partial charge in [0.2, 0.25) is 0 Å². The monoisotopic (exact) mass is 272 g/mol. The van der Waals surface area contributed by atoms with Gasteiger partial charge in [-0.1, -0.05) is 0 Å². The van der Waals surface area contributed by atoms with Gasteiger partial charge in [0, 0.05) is 18.1 Å². The van der Waals surface area contributed by atoms with Crippen LogP contribution in [0.25, 0.3) is 0 Å². The molecule has 0 saturated carbocycles. The minimum Gasteiger partial charge on any atom is -0.480 e. The first kappa shape index (κ1) is 12.4. The lowest BCUT2D eigenvalue weighted by atomic mass is 10.2. The number of nitrogens with zero attached hydrogens (tertiary/aromatic N) is 2. The fourth-order valence-electron chi connectivity index (χ4n) is 1.65. The molecule has 1 aromatic heterocycles. The van der Waals surface area contributed by atoms with Crippen LogP contribution in [-0.4, -0.2) is 51.0 Å². The van der Waals surface area contributed by atoms with E-state index in [9.17, 15) is 9.59 Å². The summed E-state index contributed by atoms with van der Waals surface area (Å²) < 4.78 is 0. The average Bonchev–Trinajstić information content (AvgIpc) is 2.75. The summed E-state index contributed by atoms with van der Waals surface area (Å²) in [4.78, 5) is 29.2. The summed E-state index contributed by atoms with van der Waals surface area (Å²) in [6.45, 7) is 2.31. The quantitative estimate of drug-likeness (QED) is 0.872. The molecule has 1 amide bonds. The first-order chi connectivity index (χ1) is 8.09. The van der Waals surface area contributed by atoms with Crippen LogP contribution in [0.1, 0.15) is 14.7 Å². The summed E-state index contributed by atoms with van der Waals surface area (Å²) in [5, 5.41) is 9.90. The minimum absolute atomic E-state index is 0.219. The van der Waals surface area contributed by atoms with Crippen LogP contribution in [0, 0.1) is 6.92 Å². The Kier molecular flexibility index (Phi) is 3.68. The number of rotatable bonds is 2. The molecule has 0 spiro atoms. The van der Waals surface area contributed by atoms with Crippen LogP contribution in [0.2, 0.25) is 0 Å². The molecule has 92 valence electrons. The highest BCUT2D eigenvalue weighted by atomic mass is 32.2. The maximum absolute atomic E-state index is 12.2. The molecule has 1 aliphatic heterocycles. The third-order valence-corrected chi connectivity index (χ3v) is 4.43. The molecule has 1 atom stereocenters. The smallest absolute Gasteiger partial charge is 0.327 e. The summed E-state index contributed by atoms with van der Waals surface area (Å²) >= 11 is 2.87. The molecule has 5 nitrogen and oxygen atoms in total. The molecular weight excluding hydrogens is 260 g/mol. The third kappa shape index (κ3) is 2.61. The van der Waals surface area contributed by atoms with E-state index in [1.165, 1.54) is 22.4 Å². The van der Waals surface area contributed by atoms with Crippen LogP contribution >= 0.6 is 23.1 Å². The van der Waals surface area contributed by atoms with E-state index in [-0.39, 0.29) is 5.91 Å². The molecule has 0 radical (unpaired) electrons. The highest BCUT2D eigenvalue weighted by Gasteiger charge is 2.33. The van der Waals surface area contributed by atoms with E-state index in [2.05, 4.69) is 4.98 Å². The van der Waals surface area contributed by atoms with E-state index < -0.39 is 12.0 Å². The summed E-state index contributed by atoms with van der Waals surface area (Å²) in [5.41, 5.74) is 0. The molecule has 1 saturated heterocycles. The van der Waals surface area contributed by atoms with Crippen molar-refractivity contribution in [3.8, 4) is 0 Å². The highest BCUT2D eigenvalue weighted by Crippen LogP contribution is 2.21. The summed E-state index contributed by atoms with van der Waals surface area (Å²) in [5.74, 6) is 0.0849. The van der Waals surface area contributed by atoms with Crippen LogP contribution in [0.15, 0.2) is 6.20 Å². The molecule has 1 aliphatic rings. The van der Waals surface area contributed by atoms with Gasteiger partial charge in [-0.25, -0.2) is 9.78 Å². The fourth-order valence-corrected chi connectivity index (χ4v) is 3.43. The lowest BCUT2D eigenvalue weighted by Crippen LogP contribution is -2.50. The van der Waals surface area contributed by atoms with Crippen molar-refractivity contribution in [1.29, 1.82) is 0 Å². The number of aryl methyl sites for hydroxylation is 1. The Balaban J connectivity index is 2.19. The predicted molar refractivity (Wildman–Crippen MR) is 66.6 cm³/mol. The number of carboxylic acid groups (broad SMARTS) is 1. The zero-order valence-electron chi connectivity index (χ0n) is 9.25. The minimum atomic E-state index is -0.938. The van der Waals surface area contributed by atoms with Gasteiger partial charge in [-0.3, -0.25) is 4.79 Å². The van der Waals surface area contributed by atoms with Gasteiger partial charge >= 0.3 is 5.97 Å². The second-order valence-electron chi connectivity index (χ2n) is 3.67. The normalized spacial score (nSPS) is 20.3. The number of hydrogen-bond acceptors (Lipinski definition) is 5. The SMILES string of the molecule is Cc1ncc(C(=O)N2CCSCC2C(=O)O)s1. The molecule has 2 heterocycles. The number of carbonyl (C=O) groups excluding carboxylic acids is 1. The molecule has 17 heavy (non-hydrogen) atoms. The van der Waals surface area contributed by atoms with Gasteiger partial charge in [-0.05, 0) is 6.92 Å². The van der Waals surface area contributed by atoms with E-state index in [0.717, 1.165) is 10.8 Å². The standard InChI is InChI=1S/C10H12N2O3S2/c1-6-11-4-8(17-6)9(13)12-2-3-16-5-7(12)10(14)15/h4,7H,2-3,5H2,1H3,(H,14,15). The maximum Gasteiger partial charge on any atom is 0.327 e. The second kappa shape index (κ2) is 5.05. The van der Waals surface area contributed by atoms with E-state index in [0.29, 0.717) is 17.2 Å². The largest absolute Gasteiger partial charge is 0.480 e. The summed E-state index contributed by atoms with van der Waals surface area (Å²) in [7, 11) is 0. The van der Waals surface area contributed by atoms with Crippen molar-refractivity contribution < 1.29 is 14.7 Å². The number of carbonyl (C=O) groups is 2. The van der Waals surface area contributed by atoms with Crippen LogP contribution < -0.4 is 0 Å². The number of hydrogen-bond donors (Lipinski definition) is 1. The van der Waals surface area contributed by atoms with Gasteiger partial charge < -0.3 is 10.0 Å². The van der Waals surface area contributed by atoms with Gasteiger partial charge in [0.25, 0.3) is 5.91 Å². The topological polar surface area (TPSA) is 70.5 Å². The number of aromatic nitrogens is 1. The van der Waals surface area contributed by atoms with Crippen molar-refractivity contribution in [2.75, 3.05) is 18.1 Å². The van der Waals surface area contributed by atoms with Crippen LogP contribution in [0.4, 0.5) is 0 Å². The van der Waals surface area contributed by atoms with Gasteiger partial charge in [-0.15, -0.1) is 11.3 Å². The Labute approximate surface area is 107 Å². The third-order valence-electron chi connectivity index (χ3n) is 2.51. The molecule has 0 bridgehead atoms. The molecule has 1 unspecified atom stereocenters. The summed E-state index contributed by atoms with van der Waals surface area (Å²) in [6, 6.07) is -0.719. The molecule has 2 rings (SSSR count). The van der Waals surface area contributed by atoms with Crippen LogP contribution in [-0.2, 0) is 4.79 Å². The second-order valence-corrected chi connectivity index (χ2v) is 6.06. The van der Waals surface area contributed by atoms with E-state index in [1.807, 2.05) is 6.92 Å². The predicted octanol–water partition coefficient (Wildman–Crippen LogP) is 1.09. The molecule has 0 aromatic carbocycles. The van der Waals surface area contributed by atoms with Crippen molar-refractivity contribution in [3.63, 3.8) is 0 Å². The number of aliphatic carboxylic acids is 1. The van der Waals surface area contributed by atoms with Gasteiger partial charge in [-0.2, -0.15) is 11.8 Å². The van der Waals surface area contributed by atoms with Crippen molar-refractivity contribution >= 4 is 35.0 Å². The van der Waals surface area contributed by atoms with Crippen molar-refractivity contribution in [2.24, 2.45) is 0 Å². The van der Waals surface area contributed by atoms with E-state index in [4.69, 9.17) is 5.11 Å². The highest BCUT2D eigenvalue weighted by molar-refractivity contribution is 7.99. The number of carboxylic acids is 1. The Morgan fingerprint density at radius 1 is 1.59 bits per heavy atom. The zero-order valence-corrected chi connectivity index (χ0v) is 10.9. The number of thiazole rings is 1. The molecule has 7 heteroatoms.